The number of hydrogen-bond acceptors (Lipinski definition) is 7. The van der Waals surface area contributed by atoms with Crippen LogP contribution in [0.4, 0.5) is 0 Å². The van der Waals surface area contributed by atoms with Crippen LogP contribution in [0.1, 0.15) is 117 Å². The summed E-state index contributed by atoms with van der Waals surface area (Å²) in [6, 6.07) is 50.4. The number of sulfone groups is 1. The van der Waals surface area contributed by atoms with E-state index in [-0.39, 0.29) is 40.6 Å². The van der Waals surface area contributed by atoms with Gasteiger partial charge in [0, 0.05) is 54.8 Å². The van der Waals surface area contributed by atoms with Gasteiger partial charge in [-0.25, -0.2) is 8.42 Å². The Morgan fingerprint density at radius 1 is 0.622 bits per heavy atom. The topological polar surface area (TPSA) is 51.2 Å². The third kappa shape index (κ3) is 16.1. The molecule has 0 saturated heterocycles. The van der Waals surface area contributed by atoms with Crippen molar-refractivity contribution >= 4 is 66.8 Å². The predicted molar refractivity (Wildman–Crippen MR) is 400 cm³/mol. The van der Waals surface area contributed by atoms with Gasteiger partial charge in [0.05, 0.1) is 15.2 Å². The fourth-order valence-electron chi connectivity index (χ4n) is 11.2. The number of hydrogen-bond donors (Lipinski definition) is 1. The molecule has 3 nitrogen and oxygen atoms in total. The lowest BCUT2D eigenvalue weighted by atomic mass is 9.68. The molecule has 0 N–H and O–H groups in total. The first kappa shape index (κ1) is 69.6. The number of fused-ring (bicyclic) bond motifs is 3. The molecule has 0 heterocycles. The maximum Gasteiger partial charge on any atom is 0.206 e. The van der Waals surface area contributed by atoms with Gasteiger partial charge >= 0.3 is 0 Å². The first-order chi connectivity index (χ1) is 42.5. The molecule has 0 spiro atoms. The highest BCUT2D eigenvalue weighted by atomic mass is 32.2. The van der Waals surface area contributed by atoms with Gasteiger partial charge in [0.15, 0.2) is 0 Å². The number of thiol groups is 1. The van der Waals surface area contributed by atoms with Gasteiger partial charge in [-0.05, 0) is 169 Å². The Kier molecular flexibility index (Phi) is 22.5. The minimum Gasteiger partial charge on any atom is -0.284 e. The lowest BCUT2D eigenvalue weighted by Crippen LogP contribution is -2.39. The van der Waals surface area contributed by atoms with Gasteiger partial charge in [0.1, 0.15) is 0 Å². The van der Waals surface area contributed by atoms with E-state index in [1.54, 1.807) is 47.8 Å². The molecule has 2 aliphatic rings. The van der Waals surface area contributed by atoms with E-state index < -0.39 is 25.2 Å². The van der Waals surface area contributed by atoms with Crippen molar-refractivity contribution in [2.75, 3.05) is 6.26 Å². The number of thioether (sulfide) groups is 4. The predicted octanol–water partition coefficient (Wildman–Crippen LogP) is 22.6. The highest BCUT2D eigenvalue weighted by Gasteiger charge is 2.46. The van der Waals surface area contributed by atoms with Crippen LogP contribution in [0.3, 0.4) is 0 Å². The summed E-state index contributed by atoms with van der Waals surface area (Å²) < 4.78 is 42.5. The molecule has 2 aliphatic carbocycles. The van der Waals surface area contributed by atoms with Gasteiger partial charge < -0.3 is 0 Å². The Morgan fingerprint density at radius 2 is 1.13 bits per heavy atom. The van der Waals surface area contributed by atoms with E-state index in [0.29, 0.717) is 0 Å². The van der Waals surface area contributed by atoms with E-state index in [1.165, 1.54) is 49.4 Å². The van der Waals surface area contributed by atoms with Crippen LogP contribution in [-0.2, 0) is 30.6 Å². The zero-order chi connectivity index (χ0) is 65.3. The average molecular weight is 1300 g/mol. The highest BCUT2D eigenvalue weighted by molar-refractivity contribution is 8.04. The van der Waals surface area contributed by atoms with Crippen molar-refractivity contribution in [1.82, 2.24) is 0 Å². The van der Waals surface area contributed by atoms with Crippen LogP contribution < -0.4 is 0 Å². The smallest absolute Gasteiger partial charge is 0.206 e. The van der Waals surface area contributed by atoms with E-state index in [9.17, 15) is 12.6 Å². The van der Waals surface area contributed by atoms with Crippen LogP contribution >= 0.6 is 47.0 Å². The normalized spacial score (nSPS) is 16.6. The zero-order valence-electron chi connectivity index (χ0n) is 54.8. The van der Waals surface area contributed by atoms with Crippen LogP contribution in [0.15, 0.2) is 313 Å². The summed E-state index contributed by atoms with van der Waals surface area (Å²) in [6.45, 7) is 38.4. The minimum atomic E-state index is -3.78. The Bertz CT molecular complexity index is 4000. The number of allylic oxidation sites excluding steroid dienone is 15. The third-order valence-electron chi connectivity index (χ3n) is 17.2. The lowest BCUT2D eigenvalue weighted by Gasteiger charge is -2.42. The fourth-order valence-corrected chi connectivity index (χ4v) is 18.2. The molecule has 0 radical (unpaired) electrons. The monoisotopic (exact) mass is 1300 g/mol. The Labute approximate surface area is 558 Å². The summed E-state index contributed by atoms with van der Waals surface area (Å²) in [4.78, 5) is 6.83. The van der Waals surface area contributed by atoms with Gasteiger partial charge in [0.25, 0.3) is 0 Å². The van der Waals surface area contributed by atoms with Gasteiger partial charge in [-0.3, -0.25) is 4.21 Å². The molecule has 2 atom stereocenters. The van der Waals surface area contributed by atoms with Crippen molar-refractivity contribution in [3.63, 3.8) is 0 Å². The molecular weight excluding hydrogens is 1210 g/mol. The van der Waals surface area contributed by atoms with Crippen molar-refractivity contribution in [2.45, 2.75) is 145 Å². The molecule has 8 rings (SSSR count). The standard InChI is InChI=1S/C81H90O3S6/c1-17-26-65(46-37-59(5)89(16,82)70-31-25-29-60(42-53-70)77(6,7)8)86-66-47-38-62(39-48-66)81(75-34-22-20-32-73(75)74-33-21-23-35-76(74)81)63-40-49-69(50-41-63)88-80(14,15)79(12,13)61-43-54-71(55-44-61)90(83,84)72-56-51-67(52-57-72)85-64(19-3)45-36-58(4)28-24-30-68(27-18-2)87-78(9,10)11/h17-27,29-57,59,70,89H,1-3,28H2,4-16H3/b30-24-,46-37-,58-36+,64-45+,65-26+,68-27+. The molecular formula is C81H90O3S6. The summed E-state index contributed by atoms with van der Waals surface area (Å²) in [6.07, 6.45) is 35.6. The molecule has 6 aromatic carbocycles. The first-order valence-corrected chi connectivity index (χ1v) is 37.8. The second-order valence-electron chi connectivity index (χ2n) is 26.3. The maximum atomic E-state index is 14.5. The van der Waals surface area contributed by atoms with Crippen molar-refractivity contribution in [1.29, 1.82) is 0 Å². The molecule has 90 heavy (non-hydrogen) atoms. The third-order valence-corrected chi connectivity index (χ3v) is 27.0. The number of benzene rings is 6. The maximum absolute atomic E-state index is 14.5. The summed E-state index contributed by atoms with van der Waals surface area (Å²) in [7, 11) is -6.46. The van der Waals surface area contributed by atoms with Gasteiger partial charge in [-0.1, -0.05) is 278 Å². The molecule has 0 saturated carbocycles. The largest absolute Gasteiger partial charge is 0.284 e. The SMILES string of the molecule is C=C/C=C(\C=C/C(C)[SH](C)(=O)C1C=CC=C(C(C)(C)C)C=C1)Sc1ccc(C2(c3ccc(SC(C)(C)C(C)(C)c4ccc(S(=O)(=O)c5ccc(S/C(C=C)=C/C=C(\C)C/C=C\C(=C/C=C)SC(C)(C)C)cc5)cc4)cc3)c3ccccc3-c3ccccc32)cc1. The van der Waals surface area contributed by atoms with Crippen LogP contribution in [0.5, 0.6) is 0 Å². The van der Waals surface area contributed by atoms with Crippen molar-refractivity contribution in [3.8, 4) is 11.1 Å². The quantitative estimate of drug-likeness (QED) is 0.0368. The first-order valence-electron chi connectivity index (χ1n) is 30.8. The number of rotatable bonds is 24. The van der Waals surface area contributed by atoms with E-state index in [0.717, 1.165) is 36.5 Å². The minimum absolute atomic E-state index is 0.00990. The molecule has 9 heteroatoms. The van der Waals surface area contributed by atoms with Gasteiger partial charge in [-0.2, -0.15) is 0 Å². The van der Waals surface area contributed by atoms with Crippen LogP contribution in [0.25, 0.3) is 11.1 Å². The van der Waals surface area contributed by atoms with Gasteiger partial charge in [-0.15, -0.1) is 23.5 Å². The van der Waals surface area contributed by atoms with E-state index >= 15 is 0 Å². The Morgan fingerprint density at radius 3 is 1.67 bits per heavy atom. The van der Waals surface area contributed by atoms with Crippen molar-refractivity contribution in [2.24, 2.45) is 5.41 Å². The van der Waals surface area contributed by atoms with Crippen LogP contribution in [0.2, 0.25) is 0 Å². The Hall–Kier alpha value is -6.30. The van der Waals surface area contributed by atoms with Crippen LogP contribution in [-0.4, -0.2) is 38.9 Å². The highest BCUT2D eigenvalue weighted by Crippen LogP contribution is 2.57. The Balaban J connectivity index is 0.970. The van der Waals surface area contributed by atoms with Gasteiger partial charge in [0.2, 0.25) is 9.84 Å². The molecule has 0 aromatic heterocycles. The second-order valence-corrected chi connectivity index (χ2v) is 37.7. The van der Waals surface area contributed by atoms with Crippen molar-refractivity contribution < 1.29 is 12.6 Å². The molecule has 0 fully saturated rings. The van der Waals surface area contributed by atoms with Crippen molar-refractivity contribution in [3.05, 3.63) is 316 Å². The average Bonchev–Trinajstić information content (AvgIpc) is 1.53. The summed E-state index contributed by atoms with van der Waals surface area (Å²) >= 11 is 6.87. The summed E-state index contributed by atoms with van der Waals surface area (Å²) in [5, 5.41) is -0.282. The van der Waals surface area contributed by atoms with E-state index in [4.69, 9.17) is 0 Å². The summed E-state index contributed by atoms with van der Waals surface area (Å²) in [5.41, 5.74) is 9.87. The molecule has 2 unspecified atom stereocenters. The molecule has 0 aliphatic heterocycles. The molecule has 0 amide bonds. The zero-order valence-corrected chi connectivity index (χ0v) is 59.8. The lowest BCUT2D eigenvalue weighted by molar-refractivity contribution is 0.412. The molecule has 0 bridgehead atoms. The fraction of sp³-hybridized carbons (Fsp3) is 0.259. The molecule has 6 aromatic rings. The summed E-state index contributed by atoms with van der Waals surface area (Å²) in [5.74, 6) is 0. The molecule has 468 valence electrons. The van der Waals surface area contributed by atoms with E-state index in [2.05, 4.69) is 267 Å². The van der Waals surface area contributed by atoms with E-state index in [1.807, 2.05) is 84.4 Å². The van der Waals surface area contributed by atoms with Crippen LogP contribution in [0, 0.1) is 5.41 Å². The second kappa shape index (κ2) is 29.1.